The van der Waals surface area contributed by atoms with E-state index < -0.39 is 5.97 Å². The third-order valence-electron chi connectivity index (χ3n) is 3.80. The molecule has 2 rings (SSSR count). The summed E-state index contributed by atoms with van der Waals surface area (Å²) in [5.41, 5.74) is 0.694. The van der Waals surface area contributed by atoms with Crippen molar-refractivity contribution in [1.29, 1.82) is 0 Å². The zero-order chi connectivity index (χ0) is 16.1. The van der Waals surface area contributed by atoms with Gasteiger partial charge in [0.15, 0.2) is 0 Å². The van der Waals surface area contributed by atoms with E-state index in [-0.39, 0.29) is 5.91 Å². The van der Waals surface area contributed by atoms with Gasteiger partial charge in [-0.2, -0.15) is 0 Å². The van der Waals surface area contributed by atoms with Gasteiger partial charge in [-0.15, -0.1) is 0 Å². The first-order valence-corrected chi connectivity index (χ1v) is 7.61. The molecule has 1 fully saturated rings. The number of aromatic nitrogens is 1. The van der Waals surface area contributed by atoms with E-state index in [1.165, 1.54) is 19.0 Å². The van der Waals surface area contributed by atoms with Crippen molar-refractivity contribution in [2.24, 2.45) is 0 Å². The first-order valence-electron chi connectivity index (χ1n) is 7.61. The summed E-state index contributed by atoms with van der Waals surface area (Å²) in [5.74, 6) is -0.562. The maximum absolute atomic E-state index is 12.3. The van der Waals surface area contributed by atoms with Gasteiger partial charge in [0, 0.05) is 32.4 Å². The lowest BCUT2D eigenvalue weighted by atomic mass is 10.2. The molecule has 0 bridgehead atoms. The number of nitrogens with zero attached hydrogens (tertiary/aromatic N) is 3. The Labute approximate surface area is 131 Å². The SMILES string of the molecule is CCOC(=O)c1ccc(C(=O)N(C)CCN(C)C2CC2)nc1. The van der Waals surface area contributed by atoms with Gasteiger partial charge in [-0.3, -0.25) is 9.78 Å². The monoisotopic (exact) mass is 305 g/mol. The molecule has 6 nitrogen and oxygen atoms in total. The van der Waals surface area contributed by atoms with Gasteiger partial charge in [0.1, 0.15) is 5.69 Å². The smallest absolute Gasteiger partial charge is 0.339 e. The number of pyridine rings is 1. The number of rotatable bonds is 7. The van der Waals surface area contributed by atoms with Crippen LogP contribution < -0.4 is 0 Å². The van der Waals surface area contributed by atoms with Crippen LogP contribution in [0.3, 0.4) is 0 Å². The van der Waals surface area contributed by atoms with Gasteiger partial charge in [-0.25, -0.2) is 4.79 Å². The second-order valence-corrected chi connectivity index (χ2v) is 5.59. The van der Waals surface area contributed by atoms with Gasteiger partial charge in [0.25, 0.3) is 5.91 Å². The summed E-state index contributed by atoms with van der Waals surface area (Å²) in [5, 5.41) is 0. The van der Waals surface area contributed by atoms with Crippen molar-refractivity contribution in [2.75, 3.05) is 33.8 Å². The second-order valence-electron chi connectivity index (χ2n) is 5.59. The number of amides is 1. The first-order chi connectivity index (χ1) is 10.5. The molecule has 120 valence electrons. The average Bonchev–Trinajstić information content (AvgIpc) is 3.37. The Bertz CT molecular complexity index is 526. The van der Waals surface area contributed by atoms with Gasteiger partial charge >= 0.3 is 5.97 Å². The largest absolute Gasteiger partial charge is 0.462 e. The zero-order valence-electron chi connectivity index (χ0n) is 13.4. The van der Waals surface area contributed by atoms with Gasteiger partial charge in [-0.1, -0.05) is 0 Å². The van der Waals surface area contributed by atoms with Crippen molar-refractivity contribution in [3.05, 3.63) is 29.6 Å². The summed E-state index contributed by atoms with van der Waals surface area (Å²) in [6.45, 7) is 3.58. The number of ether oxygens (including phenoxy) is 1. The van der Waals surface area contributed by atoms with Crippen LogP contribution in [0.4, 0.5) is 0 Å². The van der Waals surface area contributed by atoms with Crippen LogP contribution in [0, 0.1) is 0 Å². The summed E-state index contributed by atoms with van der Waals surface area (Å²) < 4.78 is 4.89. The maximum atomic E-state index is 12.3. The summed E-state index contributed by atoms with van der Waals surface area (Å²) in [7, 11) is 3.85. The minimum Gasteiger partial charge on any atom is -0.462 e. The van der Waals surface area contributed by atoms with Gasteiger partial charge < -0.3 is 14.5 Å². The van der Waals surface area contributed by atoms with E-state index in [2.05, 4.69) is 16.9 Å². The summed E-state index contributed by atoms with van der Waals surface area (Å²) in [4.78, 5) is 31.8. The van der Waals surface area contributed by atoms with Crippen molar-refractivity contribution in [1.82, 2.24) is 14.8 Å². The molecule has 0 aromatic carbocycles. The molecule has 1 aromatic rings. The van der Waals surface area contributed by atoms with Crippen molar-refractivity contribution < 1.29 is 14.3 Å². The molecule has 0 radical (unpaired) electrons. The van der Waals surface area contributed by atoms with E-state index >= 15 is 0 Å². The Morgan fingerprint density at radius 2 is 2.00 bits per heavy atom. The predicted molar refractivity (Wildman–Crippen MR) is 82.8 cm³/mol. The highest BCUT2D eigenvalue weighted by Gasteiger charge is 2.26. The predicted octanol–water partition coefficient (Wildman–Crippen LogP) is 1.42. The molecular weight excluding hydrogens is 282 g/mol. The highest BCUT2D eigenvalue weighted by atomic mass is 16.5. The second kappa shape index (κ2) is 7.35. The van der Waals surface area contributed by atoms with Gasteiger partial charge in [0.05, 0.1) is 12.2 Å². The Balaban J connectivity index is 1.89. The fourth-order valence-corrected chi connectivity index (χ4v) is 2.16. The van der Waals surface area contributed by atoms with Gasteiger partial charge in [0.2, 0.25) is 0 Å². The van der Waals surface area contributed by atoms with Crippen LogP contribution in [0.25, 0.3) is 0 Å². The molecule has 22 heavy (non-hydrogen) atoms. The van der Waals surface area contributed by atoms with E-state index in [1.54, 1.807) is 31.0 Å². The summed E-state index contributed by atoms with van der Waals surface area (Å²) in [6.07, 6.45) is 3.89. The molecule has 0 unspecified atom stereocenters. The first kappa shape index (κ1) is 16.4. The van der Waals surface area contributed by atoms with Crippen LogP contribution in [0.2, 0.25) is 0 Å². The highest BCUT2D eigenvalue weighted by molar-refractivity contribution is 5.94. The quantitative estimate of drug-likeness (QED) is 0.713. The zero-order valence-corrected chi connectivity index (χ0v) is 13.4. The van der Waals surface area contributed by atoms with Crippen LogP contribution in [-0.2, 0) is 4.74 Å². The fraction of sp³-hybridized carbons (Fsp3) is 0.562. The number of carbonyl (C=O) groups excluding carboxylic acids is 2. The van der Waals surface area contributed by atoms with E-state index in [1.807, 2.05) is 0 Å². The maximum Gasteiger partial charge on any atom is 0.339 e. The molecule has 1 aliphatic rings. The molecule has 1 saturated carbocycles. The van der Waals surface area contributed by atoms with Crippen molar-refractivity contribution in [3.63, 3.8) is 0 Å². The lowest BCUT2D eigenvalue weighted by Gasteiger charge is -2.21. The minimum absolute atomic E-state index is 0.139. The highest BCUT2D eigenvalue weighted by Crippen LogP contribution is 2.24. The topological polar surface area (TPSA) is 62.7 Å². The van der Waals surface area contributed by atoms with E-state index in [9.17, 15) is 9.59 Å². The van der Waals surface area contributed by atoms with Crippen LogP contribution >= 0.6 is 0 Å². The molecule has 0 saturated heterocycles. The molecule has 0 aliphatic heterocycles. The molecule has 0 N–H and O–H groups in total. The molecule has 1 heterocycles. The van der Waals surface area contributed by atoms with E-state index in [0.717, 1.165) is 6.54 Å². The van der Waals surface area contributed by atoms with Crippen LogP contribution in [0.5, 0.6) is 0 Å². The third-order valence-corrected chi connectivity index (χ3v) is 3.80. The standard InChI is InChI=1S/C16H23N3O3/c1-4-22-16(21)12-5-8-14(17-11-12)15(20)19(3)10-9-18(2)13-6-7-13/h5,8,11,13H,4,6-7,9-10H2,1-3H3. The van der Waals surface area contributed by atoms with Crippen molar-refractivity contribution in [3.8, 4) is 0 Å². The van der Waals surface area contributed by atoms with Gasteiger partial charge in [-0.05, 0) is 38.9 Å². The van der Waals surface area contributed by atoms with Crippen LogP contribution in [-0.4, -0.2) is 66.5 Å². The molecule has 0 spiro atoms. The normalized spacial score (nSPS) is 14.0. The Morgan fingerprint density at radius 3 is 2.55 bits per heavy atom. The Morgan fingerprint density at radius 1 is 1.27 bits per heavy atom. The molecule has 1 aromatic heterocycles. The molecule has 0 atom stereocenters. The van der Waals surface area contributed by atoms with Crippen molar-refractivity contribution in [2.45, 2.75) is 25.8 Å². The van der Waals surface area contributed by atoms with E-state index in [4.69, 9.17) is 4.74 Å². The summed E-state index contributed by atoms with van der Waals surface area (Å²) in [6, 6.07) is 3.82. The third kappa shape index (κ3) is 4.27. The molecule has 1 aliphatic carbocycles. The molecule has 6 heteroatoms. The van der Waals surface area contributed by atoms with Crippen LogP contribution in [0.1, 0.15) is 40.6 Å². The number of likely N-dealkylation sites (N-methyl/N-ethyl adjacent to an activating group) is 2. The summed E-state index contributed by atoms with van der Waals surface area (Å²) >= 11 is 0. The Hall–Kier alpha value is -1.95. The molecular formula is C16H23N3O3. The number of hydrogen-bond acceptors (Lipinski definition) is 5. The number of esters is 1. The lowest BCUT2D eigenvalue weighted by Crippen LogP contribution is -2.35. The average molecular weight is 305 g/mol. The van der Waals surface area contributed by atoms with E-state index in [0.29, 0.717) is 30.5 Å². The molecule has 1 amide bonds. The van der Waals surface area contributed by atoms with Crippen molar-refractivity contribution >= 4 is 11.9 Å². The number of carbonyl (C=O) groups is 2. The lowest BCUT2D eigenvalue weighted by molar-refractivity contribution is 0.0525. The minimum atomic E-state index is -0.423. The van der Waals surface area contributed by atoms with Crippen LogP contribution in [0.15, 0.2) is 18.3 Å². The fourth-order valence-electron chi connectivity index (χ4n) is 2.16. The number of hydrogen-bond donors (Lipinski definition) is 0. The Kier molecular flexibility index (Phi) is 5.49.